The minimum atomic E-state index is -0.408. The molecule has 0 heterocycles. The predicted molar refractivity (Wildman–Crippen MR) is 76.7 cm³/mol. The second-order valence-electron chi connectivity index (χ2n) is 3.92. The molecule has 0 unspecified atom stereocenters. The zero-order valence-corrected chi connectivity index (χ0v) is 12.5. The summed E-state index contributed by atoms with van der Waals surface area (Å²) in [6.07, 6.45) is 0. The van der Waals surface area contributed by atoms with Gasteiger partial charge in [0.05, 0.1) is 6.54 Å². The third kappa shape index (κ3) is 6.36. The molecule has 0 spiro atoms. The standard InChI is InChI=1S/C13H20N2O4S/c1-17-9-15(10-18-2)20-12-5-3-11(4-6-12)8-19-13(16)7-14/h3-6H,7-10,14H2,1-2H3. The van der Waals surface area contributed by atoms with Crippen molar-refractivity contribution in [2.45, 2.75) is 11.5 Å². The number of nitrogens with two attached hydrogens (primary N) is 1. The highest BCUT2D eigenvalue weighted by molar-refractivity contribution is 7.97. The lowest BCUT2D eigenvalue weighted by molar-refractivity contribution is -0.143. The molecule has 0 saturated carbocycles. The second kappa shape index (κ2) is 9.73. The molecule has 0 atom stereocenters. The van der Waals surface area contributed by atoms with Crippen molar-refractivity contribution < 1.29 is 19.0 Å². The van der Waals surface area contributed by atoms with Gasteiger partial charge in [-0.1, -0.05) is 12.1 Å². The van der Waals surface area contributed by atoms with Crippen LogP contribution in [0.1, 0.15) is 5.56 Å². The van der Waals surface area contributed by atoms with Crippen LogP contribution >= 0.6 is 11.9 Å². The molecule has 1 rings (SSSR count). The molecular weight excluding hydrogens is 280 g/mol. The molecule has 0 radical (unpaired) electrons. The van der Waals surface area contributed by atoms with E-state index in [0.717, 1.165) is 10.5 Å². The van der Waals surface area contributed by atoms with E-state index in [-0.39, 0.29) is 13.2 Å². The Kier molecular flexibility index (Phi) is 8.24. The molecule has 0 bridgehead atoms. The van der Waals surface area contributed by atoms with Crippen LogP contribution in [0.5, 0.6) is 0 Å². The smallest absolute Gasteiger partial charge is 0.320 e. The fraction of sp³-hybridized carbons (Fsp3) is 0.462. The van der Waals surface area contributed by atoms with E-state index in [9.17, 15) is 4.79 Å². The minimum Gasteiger partial charge on any atom is -0.460 e. The SMILES string of the molecule is COCN(COC)Sc1ccc(COC(=O)CN)cc1. The molecule has 0 aliphatic carbocycles. The molecule has 0 amide bonds. The summed E-state index contributed by atoms with van der Waals surface area (Å²) >= 11 is 1.53. The van der Waals surface area contributed by atoms with Crippen LogP contribution in [-0.4, -0.2) is 44.5 Å². The van der Waals surface area contributed by atoms with E-state index < -0.39 is 5.97 Å². The van der Waals surface area contributed by atoms with Crippen LogP contribution in [0.2, 0.25) is 0 Å². The van der Waals surface area contributed by atoms with E-state index in [1.807, 2.05) is 28.6 Å². The van der Waals surface area contributed by atoms with Crippen molar-refractivity contribution >= 4 is 17.9 Å². The summed E-state index contributed by atoms with van der Waals surface area (Å²) in [7, 11) is 3.27. The number of rotatable bonds is 9. The number of carbonyl (C=O) groups is 1. The first kappa shape index (κ1) is 16.9. The van der Waals surface area contributed by atoms with E-state index in [2.05, 4.69) is 0 Å². The van der Waals surface area contributed by atoms with Gasteiger partial charge in [-0.25, -0.2) is 0 Å². The van der Waals surface area contributed by atoms with Gasteiger partial charge in [-0.05, 0) is 29.6 Å². The predicted octanol–water partition coefficient (Wildman–Crippen LogP) is 1.21. The van der Waals surface area contributed by atoms with Crippen LogP contribution in [0, 0.1) is 0 Å². The summed E-state index contributed by atoms with van der Waals surface area (Å²) in [5.41, 5.74) is 6.08. The average Bonchev–Trinajstić information content (AvgIpc) is 2.46. The first-order valence-electron chi connectivity index (χ1n) is 6.05. The number of methoxy groups -OCH3 is 2. The van der Waals surface area contributed by atoms with Crippen LogP contribution in [-0.2, 0) is 25.6 Å². The normalized spacial score (nSPS) is 10.8. The Hall–Kier alpha value is -1.12. The maximum atomic E-state index is 11.0. The van der Waals surface area contributed by atoms with Crippen molar-refractivity contribution in [3.63, 3.8) is 0 Å². The monoisotopic (exact) mass is 300 g/mol. The summed E-state index contributed by atoms with van der Waals surface area (Å²) < 4.78 is 17.1. The van der Waals surface area contributed by atoms with Gasteiger partial charge in [0.2, 0.25) is 0 Å². The summed E-state index contributed by atoms with van der Waals surface area (Å²) in [6.45, 7) is 1.07. The van der Waals surface area contributed by atoms with Crippen LogP contribution in [0.15, 0.2) is 29.2 Å². The molecule has 0 fully saturated rings. The van der Waals surface area contributed by atoms with Gasteiger partial charge in [0, 0.05) is 19.1 Å². The molecule has 112 valence electrons. The van der Waals surface area contributed by atoms with Crippen molar-refractivity contribution in [2.75, 3.05) is 34.2 Å². The highest BCUT2D eigenvalue weighted by atomic mass is 32.2. The van der Waals surface area contributed by atoms with E-state index in [4.69, 9.17) is 19.9 Å². The Morgan fingerprint density at radius 2 is 1.80 bits per heavy atom. The van der Waals surface area contributed by atoms with Gasteiger partial charge in [-0.2, -0.15) is 4.31 Å². The van der Waals surface area contributed by atoms with E-state index in [1.165, 1.54) is 11.9 Å². The zero-order chi connectivity index (χ0) is 14.8. The Bertz CT molecular complexity index is 394. The van der Waals surface area contributed by atoms with Gasteiger partial charge < -0.3 is 19.9 Å². The molecule has 6 nitrogen and oxygen atoms in total. The fourth-order valence-corrected chi connectivity index (χ4v) is 2.27. The van der Waals surface area contributed by atoms with E-state index in [0.29, 0.717) is 13.5 Å². The van der Waals surface area contributed by atoms with Gasteiger partial charge >= 0.3 is 5.97 Å². The maximum Gasteiger partial charge on any atom is 0.320 e. The molecule has 1 aromatic carbocycles. The lowest BCUT2D eigenvalue weighted by Crippen LogP contribution is -2.20. The van der Waals surface area contributed by atoms with Gasteiger partial charge in [0.1, 0.15) is 20.1 Å². The van der Waals surface area contributed by atoms with E-state index >= 15 is 0 Å². The number of nitrogens with zero attached hydrogens (tertiary/aromatic N) is 1. The molecular formula is C13H20N2O4S. The maximum absolute atomic E-state index is 11.0. The second-order valence-corrected chi connectivity index (χ2v) is 5.09. The van der Waals surface area contributed by atoms with Gasteiger partial charge in [-0.3, -0.25) is 4.79 Å². The summed E-state index contributed by atoms with van der Waals surface area (Å²) in [5, 5.41) is 0. The van der Waals surface area contributed by atoms with Crippen molar-refractivity contribution in [1.29, 1.82) is 0 Å². The number of carbonyl (C=O) groups excluding carboxylic acids is 1. The molecule has 0 saturated heterocycles. The summed E-state index contributed by atoms with van der Waals surface area (Å²) in [6, 6.07) is 7.72. The van der Waals surface area contributed by atoms with Crippen LogP contribution < -0.4 is 5.73 Å². The molecule has 0 aromatic heterocycles. The number of esters is 1. The summed E-state index contributed by atoms with van der Waals surface area (Å²) in [4.78, 5) is 12.0. The topological polar surface area (TPSA) is 74.0 Å². The molecule has 7 heteroatoms. The zero-order valence-electron chi connectivity index (χ0n) is 11.7. The highest BCUT2D eigenvalue weighted by Gasteiger charge is 2.06. The minimum absolute atomic E-state index is 0.100. The van der Waals surface area contributed by atoms with E-state index in [1.54, 1.807) is 14.2 Å². The van der Waals surface area contributed by atoms with Gasteiger partial charge in [0.15, 0.2) is 0 Å². The van der Waals surface area contributed by atoms with Crippen LogP contribution in [0.25, 0.3) is 0 Å². The van der Waals surface area contributed by atoms with Crippen molar-refractivity contribution in [2.24, 2.45) is 5.73 Å². The van der Waals surface area contributed by atoms with Crippen LogP contribution in [0.3, 0.4) is 0 Å². The number of hydrogen-bond donors (Lipinski definition) is 1. The molecule has 0 aliphatic rings. The number of benzene rings is 1. The first-order valence-corrected chi connectivity index (χ1v) is 6.82. The van der Waals surface area contributed by atoms with Crippen molar-refractivity contribution in [3.05, 3.63) is 29.8 Å². The highest BCUT2D eigenvalue weighted by Crippen LogP contribution is 2.22. The Morgan fingerprint density at radius 1 is 1.20 bits per heavy atom. The third-order valence-corrected chi connectivity index (χ3v) is 3.22. The Labute approximate surface area is 123 Å². The molecule has 20 heavy (non-hydrogen) atoms. The Balaban J connectivity index is 2.50. The van der Waals surface area contributed by atoms with Crippen molar-refractivity contribution in [1.82, 2.24) is 4.31 Å². The molecule has 0 aliphatic heterocycles. The van der Waals surface area contributed by atoms with Crippen LogP contribution in [0.4, 0.5) is 0 Å². The van der Waals surface area contributed by atoms with Gasteiger partial charge in [-0.15, -0.1) is 0 Å². The number of hydrogen-bond acceptors (Lipinski definition) is 7. The molecule has 2 N–H and O–H groups in total. The quantitative estimate of drug-likeness (QED) is 0.417. The third-order valence-electron chi connectivity index (χ3n) is 2.27. The van der Waals surface area contributed by atoms with Crippen molar-refractivity contribution in [3.8, 4) is 0 Å². The average molecular weight is 300 g/mol. The Morgan fingerprint density at radius 3 is 2.30 bits per heavy atom. The number of ether oxygens (including phenoxy) is 3. The summed E-state index contributed by atoms with van der Waals surface area (Å²) in [5.74, 6) is -0.408. The van der Waals surface area contributed by atoms with Gasteiger partial charge in [0.25, 0.3) is 0 Å². The first-order chi connectivity index (χ1) is 9.69. The lowest BCUT2D eigenvalue weighted by atomic mass is 10.2. The largest absolute Gasteiger partial charge is 0.460 e. The fourth-order valence-electron chi connectivity index (χ4n) is 1.40. The lowest BCUT2D eigenvalue weighted by Gasteiger charge is -2.18. The molecule has 1 aromatic rings.